The molecule has 7 heteroatoms. The molecule has 0 aliphatic carbocycles. The lowest BCUT2D eigenvalue weighted by molar-refractivity contribution is -0.122. The SMILES string of the molecule is CCn1nc(C)c(CCNC(=O)C2CC(c3ccc(F)cc3)NN2)c1C. The molecule has 1 aliphatic rings. The van der Waals surface area contributed by atoms with Gasteiger partial charge in [0.2, 0.25) is 5.91 Å². The number of rotatable bonds is 6. The van der Waals surface area contributed by atoms with E-state index in [0.717, 1.165) is 29.9 Å². The van der Waals surface area contributed by atoms with Gasteiger partial charge in [-0.2, -0.15) is 5.10 Å². The molecular weight excluding hydrogens is 333 g/mol. The Hall–Kier alpha value is -2.25. The lowest BCUT2D eigenvalue weighted by Crippen LogP contribution is -2.43. The fourth-order valence-electron chi connectivity index (χ4n) is 3.48. The fourth-order valence-corrected chi connectivity index (χ4v) is 3.48. The summed E-state index contributed by atoms with van der Waals surface area (Å²) in [6.45, 7) is 7.57. The van der Waals surface area contributed by atoms with Crippen LogP contribution in [0.25, 0.3) is 0 Å². The highest BCUT2D eigenvalue weighted by atomic mass is 19.1. The molecule has 0 radical (unpaired) electrons. The van der Waals surface area contributed by atoms with Gasteiger partial charge in [-0.15, -0.1) is 0 Å². The van der Waals surface area contributed by atoms with Crippen molar-refractivity contribution in [2.45, 2.75) is 52.2 Å². The summed E-state index contributed by atoms with van der Waals surface area (Å²) in [7, 11) is 0. The summed E-state index contributed by atoms with van der Waals surface area (Å²) < 4.78 is 15.0. The van der Waals surface area contributed by atoms with E-state index in [9.17, 15) is 9.18 Å². The zero-order chi connectivity index (χ0) is 18.7. The summed E-state index contributed by atoms with van der Waals surface area (Å²) in [4.78, 5) is 12.4. The van der Waals surface area contributed by atoms with Crippen molar-refractivity contribution in [3.05, 3.63) is 52.6 Å². The number of amides is 1. The lowest BCUT2D eigenvalue weighted by Gasteiger charge is -2.11. The van der Waals surface area contributed by atoms with Crippen LogP contribution >= 0.6 is 0 Å². The van der Waals surface area contributed by atoms with Crippen LogP contribution in [0, 0.1) is 19.7 Å². The molecule has 2 heterocycles. The van der Waals surface area contributed by atoms with E-state index >= 15 is 0 Å². The van der Waals surface area contributed by atoms with Crippen LogP contribution in [0.1, 0.15) is 41.9 Å². The number of nitrogens with zero attached hydrogens (tertiary/aromatic N) is 2. The molecule has 6 nitrogen and oxygen atoms in total. The predicted molar refractivity (Wildman–Crippen MR) is 97.9 cm³/mol. The van der Waals surface area contributed by atoms with Gasteiger partial charge in [-0.3, -0.25) is 9.48 Å². The van der Waals surface area contributed by atoms with Gasteiger partial charge in [0.05, 0.1) is 5.69 Å². The summed E-state index contributed by atoms with van der Waals surface area (Å²) in [6.07, 6.45) is 1.40. The Bertz CT molecular complexity index is 771. The van der Waals surface area contributed by atoms with Crippen molar-refractivity contribution in [1.29, 1.82) is 0 Å². The van der Waals surface area contributed by atoms with E-state index in [1.165, 1.54) is 17.7 Å². The number of benzene rings is 1. The van der Waals surface area contributed by atoms with Crippen LogP contribution in [-0.2, 0) is 17.8 Å². The summed E-state index contributed by atoms with van der Waals surface area (Å²) in [5.74, 6) is -0.286. The first-order valence-electron chi connectivity index (χ1n) is 9.06. The zero-order valence-corrected chi connectivity index (χ0v) is 15.5. The summed E-state index contributed by atoms with van der Waals surface area (Å²) >= 11 is 0. The molecular formula is C19H26FN5O. The van der Waals surface area contributed by atoms with Crippen LogP contribution in [0.2, 0.25) is 0 Å². The van der Waals surface area contributed by atoms with E-state index in [2.05, 4.69) is 35.1 Å². The molecule has 26 heavy (non-hydrogen) atoms. The van der Waals surface area contributed by atoms with Crippen LogP contribution in [0.5, 0.6) is 0 Å². The van der Waals surface area contributed by atoms with E-state index < -0.39 is 0 Å². The van der Waals surface area contributed by atoms with Crippen LogP contribution in [0.4, 0.5) is 4.39 Å². The van der Waals surface area contributed by atoms with Gasteiger partial charge in [0.15, 0.2) is 0 Å². The highest BCUT2D eigenvalue weighted by Gasteiger charge is 2.29. The van der Waals surface area contributed by atoms with Gasteiger partial charge in [-0.05, 0) is 56.9 Å². The number of aromatic nitrogens is 2. The maximum absolute atomic E-state index is 13.0. The highest BCUT2D eigenvalue weighted by Crippen LogP contribution is 2.22. The number of hydrazine groups is 1. The molecule has 0 spiro atoms. The standard InChI is InChI=1S/C19H26FN5O/c1-4-25-13(3)16(12(2)24-25)9-10-21-19(26)18-11-17(22-23-18)14-5-7-15(20)8-6-14/h5-8,17-18,22-23H,4,9-11H2,1-3H3,(H,21,26). The Balaban J connectivity index is 1.50. The van der Waals surface area contributed by atoms with Gasteiger partial charge in [0.1, 0.15) is 11.9 Å². The summed E-state index contributed by atoms with van der Waals surface area (Å²) in [5, 5.41) is 7.51. The molecule has 1 aliphatic heterocycles. The first kappa shape index (κ1) is 18.5. The Labute approximate surface area is 153 Å². The average molecular weight is 359 g/mol. The molecule has 2 atom stereocenters. The maximum Gasteiger partial charge on any atom is 0.238 e. The van der Waals surface area contributed by atoms with Gasteiger partial charge in [-0.25, -0.2) is 15.2 Å². The second kappa shape index (κ2) is 7.97. The van der Waals surface area contributed by atoms with Crippen molar-refractivity contribution in [3.8, 4) is 0 Å². The van der Waals surface area contributed by atoms with Gasteiger partial charge in [-0.1, -0.05) is 12.1 Å². The van der Waals surface area contributed by atoms with Crippen LogP contribution in [0.3, 0.4) is 0 Å². The average Bonchev–Trinajstić information content (AvgIpc) is 3.22. The quantitative estimate of drug-likeness (QED) is 0.737. The van der Waals surface area contributed by atoms with Crippen LogP contribution < -0.4 is 16.2 Å². The Morgan fingerprint density at radius 2 is 2.04 bits per heavy atom. The Morgan fingerprint density at radius 1 is 1.31 bits per heavy atom. The molecule has 1 fully saturated rings. The van der Waals surface area contributed by atoms with Crippen molar-refractivity contribution >= 4 is 5.91 Å². The van der Waals surface area contributed by atoms with Crippen molar-refractivity contribution < 1.29 is 9.18 Å². The predicted octanol–water partition coefficient (Wildman–Crippen LogP) is 1.93. The number of hydrogen-bond donors (Lipinski definition) is 3. The van der Waals surface area contributed by atoms with Gasteiger partial charge < -0.3 is 5.32 Å². The minimum atomic E-state index is -0.300. The zero-order valence-electron chi connectivity index (χ0n) is 15.5. The second-order valence-corrected chi connectivity index (χ2v) is 6.69. The van der Waals surface area contributed by atoms with Crippen molar-refractivity contribution in [2.75, 3.05) is 6.54 Å². The van der Waals surface area contributed by atoms with Gasteiger partial charge in [0, 0.05) is 24.8 Å². The number of carbonyl (C=O) groups is 1. The first-order valence-corrected chi connectivity index (χ1v) is 9.06. The number of halogens is 1. The van der Waals surface area contributed by atoms with E-state index in [-0.39, 0.29) is 23.8 Å². The third-order valence-corrected chi connectivity index (χ3v) is 5.00. The first-order chi connectivity index (χ1) is 12.5. The second-order valence-electron chi connectivity index (χ2n) is 6.69. The van der Waals surface area contributed by atoms with E-state index in [1.807, 2.05) is 11.6 Å². The molecule has 2 unspecified atom stereocenters. The van der Waals surface area contributed by atoms with Crippen molar-refractivity contribution in [3.63, 3.8) is 0 Å². The smallest absolute Gasteiger partial charge is 0.238 e. The molecule has 2 aromatic rings. The largest absolute Gasteiger partial charge is 0.354 e. The third-order valence-electron chi connectivity index (χ3n) is 5.00. The molecule has 140 valence electrons. The highest BCUT2D eigenvalue weighted by molar-refractivity contribution is 5.82. The molecule has 1 saturated heterocycles. The minimum Gasteiger partial charge on any atom is -0.354 e. The molecule has 1 amide bonds. The monoisotopic (exact) mass is 359 g/mol. The van der Waals surface area contributed by atoms with E-state index in [1.54, 1.807) is 12.1 Å². The number of nitrogens with one attached hydrogen (secondary N) is 3. The topological polar surface area (TPSA) is 71.0 Å². The maximum atomic E-state index is 13.0. The number of hydrogen-bond acceptors (Lipinski definition) is 4. The van der Waals surface area contributed by atoms with Crippen molar-refractivity contribution in [2.24, 2.45) is 0 Å². The molecule has 0 saturated carbocycles. The van der Waals surface area contributed by atoms with Gasteiger partial charge in [0.25, 0.3) is 0 Å². The summed E-state index contributed by atoms with van der Waals surface area (Å²) in [5.41, 5.74) is 10.5. The molecule has 3 rings (SSSR count). The molecule has 0 bridgehead atoms. The molecule has 3 N–H and O–H groups in total. The molecule has 1 aromatic heterocycles. The Kier molecular flexibility index (Phi) is 5.68. The summed E-state index contributed by atoms with van der Waals surface area (Å²) in [6, 6.07) is 6.05. The van der Waals surface area contributed by atoms with Crippen LogP contribution in [-0.4, -0.2) is 28.3 Å². The minimum absolute atomic E-state index is 0.00127. The van der Waals surface area contributed by atoms with Crippen LogP contribution in [0.15, 0.2) is 24.3 Å². The van der Waals surface area contributed by atoms with Crippen molar-refractivity contribution in [1.82, 2.24) is 25.9 Å². The Morgan fingerprint density at radius 3 is 2.69 bits per heavy atom. The third kappa shape index (κ3) is 3.94. The lowest BCUT2D eigenvalue weighted by atomic mass is 10.0. The normalized spacial score (nSPS) is 19.7. The molecule has 1 aromatic carbocycles. The fraction of sp³-hybridized carbons (Fsp3) is 0.474. The number of carbonyl (C=O) groups excluding carboxylic acids is 1. The van der Waals surface area contributed by atoms with Gasteiger partial charge >= 0.3 is 0 Å². The van der Waals surface area contributed by atoms with E-state index in [4.69, 9.17) is 0 Å². The van der Waals surface area contributed by atoms with E-state index in [0.29, 0.717) is 13.0 Å². The number of aryl methyl sites for hydroxylation is 2.